The first kappa shape index (κ1) is 15.0. The van der Waals surface area contributed by atoms with Gasteiger partial charge in [-0.05, 0) is 62.1 Å². The van der Waals surface area contributed by atoms with E-state index in [9.17, 15) is 4.79 Å². The second kappa shape index (κ2) is 6.91. The van der Waals surface area contributed by atoms with Gasteiger partial charge in [-0.1, -0.05) is 18.2 Å². The Hall–Kier alpha value is -1.90. The van der Waals surface area contributed by atoms with Crippen molar-refractivity contribution in [3.8, 4) is 0 Å². The summed E-state index contributed by atoms with van der Waals surface area (Å²) in [5.41, 5.74) is 2.40. The summed E-state index contributed by atoms with van der Waals surface area (Å²) in [5, 5.41) is 1.22. The van der Waals surface area contributed by atoms with Crippen molar-refractivity contribution < 1.29 is 9.53 Å². The van der Waals surface area contributed by atoms with E-state index in [1.165, 1.54) is 10.9 Å². The standard InChI is InChI=1S/C19H23NO2/c1-2-22-19(21)11-14-7-9-15(10-8-14)17-12-16-5-3-4-6-18(16)20-13-17/h3-6,12-15H,2,7-11H2,1H3. The van der Waals surface area contributed by atoms with E-state index in [0.717, 1.165) is 31.2 Å². The van der Waals surface area contributed by atoms with Crippen LogP contribution in [0.4, 0.5) is 0 Å². The molecule has 0 spiro atoms. The molecule has 1 fully saturated rings. The zero-order valence-corrected chi connectivity index (χ0v) is 13.1. The molecule has 0 unspecified atom stereocenters. The molecule has 0 atom stereocenters. The van der Waals surface area contributed by atoms with Crippen molar-refractivity contribution in [1.82, 2.24) is 4.98 Å². The number of aromatic nitrogens is 1. The van der Waals surface area contributed by atoms with Crippen LogP contribution in [0.5, 0.6) is 0 Å². The van der Waals surface area contributed by atoms with Gasteiger partial charge in [0.05, 0.1) is 12.1 Å². The van der Waals surface area contributed by atoms with E-state index in [0.29, 0.717) is 24.9 Å². The van der Waals surface area contributed by atoms with Gasteiger partial charge in [0.25, 0.3) is 0 Å². The van der Waals surface area contributed by atoms with E-state index in [1.807, 2.05) is 19.2 Å². The van der Waals surface area contributed by atoms with Crippen molar-refractivity contribution in [1.29, 1.82) is 0 Å². The molecule has 3 heteroatoms. The molecule has 2 aromatic rings. The zero-order chi connectivity index (χ0) is 15.4. The van der Waals surface area contributed by atoms with E-state index in [1.54, 1.807) is 0 Å². The predicted molar refractivity (Wildman–Crippen MR) is 87.7 cm³/mol. The third-order valence-corrected chi connectivity index (χ3v) is 4.69. The number of benzene rings is 1. The Morgan fingerprint density at radius 2 is 2.00 bits per heavy atom. The highest BCUT2D eigenvalue weighted by atomic mass is 16.5. The van der Waals surface area contributed by atoms with Gasteiger partial charge in [0.1, 0.15) is 0 Å². The topological polar surface area (TPSA) is 39.2 Å². The quantitative estimate of drug-likeness (QED) is 0.782. The van der Waals surface area contributed by atoms with Crippen LogP contribution in [0.3, 0.4) is 0 Å². The summed E-state index contributed by atoms with van der Waals surface area (Å²) < 4.78 is 5.06. The molecule has 0 saturated heterocycles. The SMILES string of the molecule is CCOC(=O)CC1CCC(c2cnc3ccccc3c2)CC1. The highest BCUT2D eigenvalue weighted by Crippen LogP contribution is 2.37. The number of pyridine rings is 1. The third-order valence-electron chi connectivity index (χ3n) is 4.69. The molecule has 22 heavy (non-hydrogen) atoms. The number of esters is 1. The molecular weight excluding hydrogens is 274 g/mol. The van der Waals surface area contributed by atoms with Crippen LogP contribution in [0.1, 0.15) is 50.5 Å². The minimum Gasteiger partial charge on any atom is -0.466 e. The Morgan fingerprint density at radius 1 is 1.23 bits per heavy atom. The van der Waals surface area contributed by atoms with Gasteiger partial charge in [0, 0.05) is 18.0 Å². The summed E-state index contributed by atoms with van der Waals surface area (Å²) in [7, 11) is 0. The molecular formula is C19H23NO2. The monoisotopic (exact) mass is 297 g/mol. The molecule has 3 nitrogen and oxygen atoms in total. The van der Waals surface area contributed by atoms with E-state index >= 15 is 0 Å². The summed E-state index contributed by atoms with van der Waals surface area (Å²) in [4.78, 5) is 16.2. The Morgan fingerprint density at radius 3 is 2.77 bits per heavy atom. The van der Waals surface area contributed by atoms with Crippen molar-refractivity contribution >= 4 is 16.9 Å². The van der Waals surface area contributed by atoms with Gasteiger partial charge < -0.3 is 4.74 Å². The molecule has 0 radical (unpaired) electrons. The molecule has 0 aliphatic heterocycles. The highest BCUT2D eigenvalue weighted by molar-refractivity contribution is 5.78. The Kier molecular flexibility index (Phi) is 4.71. The van der Waals surface area contributed by atoms with Crippen molar-refractivity contribution in [2.75, 3.05) is 6.61 Å². The van der Waals surface area contributed by atoms with Crippen molar-refractivity contribution in [2.45, 2.75) is 44.9 Å². The number of ether oxygens (including phenoxy) is 1. The summed E-state index contributed by atoms with van der Waals surface area (Å²) >= 11 is 0. The summed E-state index contributed by atoms with van der Waals surface area (Å²) in [6, 6.07) is 10.5. The minimum absolute atomic E-state index is 0.0432. The number of carbonyl (C=O) groups excluding carboxylic acids is 1. The number of para-hydroxylation sites is 1. The Labute approximate surface area is 131 Å². The van der Waals surface area contributed by atoms with E-state index < -0.39 is 0 Å². The molecule has 0 amide bonds. The van der Waals surface area contributed by atoms with Gasteiger partial charge in [-0.3, -0.25) is 9.78 Å². The minimum atomic E-state index is -0.0432. The molecule has 0 N–H and O–H groups in total. The largest absolute Gasteiger partial charge is 0.466 e. The van der Waals surface area contributed by atoms with Crippen LogP contribution in [0.25, 0.3) is 10.9 Å². The number of hydrogen-bond acceptors (Lipinski definition) is 3. The summed E-state index contributed by atoms with van der Waals surface area (Å²) in [5.74, 6) is 1.03. The third kappa shape index (κ3) is 3.46. The van der Waals surface area contributed by atoms with Crippen LogP contribution < -0.4 is 0 Å². The second-order valence-corrected chi connectivity index (χ2v) is 6.19. The van der Waals surface area contributed by atoms with Gasteiger partial charge >= 0.3 is 5.97 Å². The molecule has 3 rings (SSSR count). The fraction of sp³-hybridized carbons (Fsp3) is 0.474. The van der Waals surface area contributed by atoms with Gasteiger partial charge in [-0.2, -0.15) is 0 Å². The first-order chi connectivity index (χ1) is 10.8. The van der Waals surface area contributed by atoms with Crippen LogP contribution in [0, 0.1) is 5.92 Å². The first-order valence-electron chi connectivity index (χ1n) is 8.26. The van der Waals surface area contributed by atoms with Crippen LogP contribution >= 0.6 is 0 Å². The molecule has 1 aromatic carbocycles. The molecule has 116 valence electrons. The summed E-state index contributed by atoms with van der Waals surface area (Å²) in [6.07, 6.45) is 7.11. The number of hydrogen-bond donors (Lipinski definition) is 0. The Balaban J connectivity index is 1.61. The lowest BCUT2D eigenvalue weighted by Gasteiger charge is -2.28. The highest BCUT2D eigenvalue weighted by Gasteiger charge is 2.24. The molecule has 1 aliphatic rings. The van der Waals surface area contributed by atoms with Crippen LogP contribution in [-0.4, -0.2) is 17.6 Å². The van der Waals surface area contributed by atoms with Crippen molar-refractivity contribution in [2.24, 2.45) is 5.92 Å². The number of carbonyl (C=O) groups is 1. The molecule has 1 aliphatic carbocycles. The molecule has 1 heterocycles. The van der Waals surface area contributed by atoms with Gasteiger partial charge in [0.2, 0.25) is 0 Å². The van der Waals surface area contributed by atoms with Gasteiger partial charge in [-0.25, -0.2) is 0 Å². The van der Waals surface area contributed by atoms with Crippen molar-refractivity contribution in [3.63, 3.8) is 0 Å². The predicted octanol–water partition coefficient (Wildman–Crippen LogP) is 4.46. The van der Waals surface area contributed by atoms with Gasteiger partial charge in [0.15, 0.2) is 0 Å². The fourth-order valence-electron chi connectivity index (χ4n) is 3.47. The maximum Gasteiger partial charge on any atom is 0.306 e. The average molecular weight is 297 g/mol. The van der Waals surface area contributed by atoms with Crippen LogP contribution in [0.2, 0.25) is 0 Å². The van der Waals surface area contributed by atoms with Crippen LogP contribution in [-0.2, 0) is 9.53 Å². The second-order valence-electron chi connectivity index (χ2n) is 6.19. The number of nitrogens with zero attached hydrogens (tertiary/aromatic N) is 1. The van der Waals surface area contributed by atoms with Crippen molar-refractivity contribution in [3.05, 3.63) is 42.1 Å². The molecule has 0 bridgehead atoms. The Bertz CT molecular complexity index is 645. The van der Waals surface area contributed by atoms with E-state index in [4.69, 9.17) is 4.74 Å². The molecule has 1 aromatic heterocycles. The maximum atomic E-state index is 11.6. The van der Waals surface area contributed by atoms with Crippen LogP contribution in [0.15, 0.2) is 36.5 Å². The lowest BCUT2D eigenvalue weighted by atomic mass is 9.78. The number of rotatable bonds is 4. The van der Waals surface area contributed by atoms with E-state index in [-0.39, 0.29) is 5.97 Å². The smallest absolute Gasteiger partial charge is 0.306 e. The molecule has 1 saturated carbocycles. The summed E-state index contributed by atoms with van der Waals surface area (Å²) in [6.45, 7) is 2.35. The zero-order valence-electron chi connectivity index (χ0n) is 13.1. The van der Waals surface area contributed by atoms with Gasteiger partial charge in [-0.15, -0.1) is 0 Å². The number of fused-ring (bicyclic) bond motifs is 1. The first-order valence-corrected chi connectivity index (χ1v) is 8.26. The average Bonchev–Trinajstić information content (AvgIpc) is 2.55. The normalized spacial score (nSPS) is 21.7. The maximum absolute atomic E-state index is 11.6. The van der Waals surface area contributed by atoms with E-state index in [2.05, 4.69) is 29.2 Å². The fourth-order valence-corrected chi connectivity index (χ4v) is 3.47. The lowest BCUT2D eigenvalue weighted by molar-refractivity contribution is -0.144. The lowest BCUT2D eigenvalue weighted by Crippen LogP contribution is -2.18.